The molecule has 0 saturated carbocycles. The van der Waals surface area contributed by atoms with Crippen LogP contribution in [-0.2, 0) is 4.79 Å². The number of thiocarbonyl (C=S) groups is 1. The van der Waals surface area contributed by atoms with E-state index in [4.69, 9.17) is 12.2 Å². The van der Waals surface area contributed by atoms with Crippen molar-refractivity contribution < 1.29 is 4.79 Å². The highest BCUT2D eigenvalue weighted by Gasteiger charge is 2.28. The lowest BCUT2D eigenvalue weighted by molar-refractivity contribution is -0.122. The molecule has 0 aromatic rings. The van der Waals surface area contributed by atoms with Crippen LogP contribution in [0.1, 0.15) is 26.7 Å². The molecule has 1 amide bonds. The molecule has 1 fully saturated rings. The van der Waals surface area contributed by atoms with Gasteiger partial charge in [0.1, 0.15) is 4.32 Å². The lowest BCUT2D eigenvalue weighted by atomic mass is 10.2. The van der Waals surface area contributed by atoms with E-state index in [1.54, 1.807) is 4.90 Å². The Kier molecular flexibility index (Phi) is 3.93. The fraction of sp³-hybridized carbons (Fsp3) is 0.556. The molecular weight excluding hydrogens is 202 g/mol. The Morgan fingerprint density at radius 3 is 2.85 bits per heavy atom. The minimum Gasteiger partial charge on any atom is -0.273 e. The molecule has 0 spiro atoms. The summed E-state index contributed by atoms with van der Waals surface area (Å²) in [7, 11) is 0. The molecule has 0 radical (unpaired) electrons. The van der Waals surface area contributed by atoms with Crippen LogP contribution >= 0.6 is 24.0 Å². The van der Waals surface area contributed by atoms with Crippen molar-refractivity contribution >= 4 is 34.2 Å². The monoisotopic (exact) mass is 215 g/mol. The van der Waals surface area contributed by atoms with Crippen molar-refractivity contribution in [3.63, 3.8) is 0 Å². The Morgan fingerprint density at radius 1 is 1.77 bits per heavy atom. The topological polar surface area (TPSA) is 20.3 Å². The lowest BCUT2D eigenvalue weighted by Crippen LogP contribution is -2.27. The number of carbonyl (C=O) groups excluding carboxylic acids is 1. The second-order valence-electron chi connectivity index (χ2n) is 2.81. The number of hydrogen-bond acceptors (Lipinski definition) is 3. The van der Waals surface area contributed by atoms with Crippen molar-refractivity contribution in [3.05, 3.63) is 11.8 Å². The van der Waals surface area contributed by atoms with Gasteiger partial charge in [-0.05, 0) is 13.3 Å². The van der Waals surface area contributed by atoms with Gasteiger partial charge in [-0.25, -0.2) is 0 Å². The zero-order valence-electron chi connectivity index (χ0n) is 7.87. The molecule has 0 aliphatic carbocycles. The fourth-order valence-corrected chi connectivity index (χ4v) is 2.39. The third kappa shape index (κ3) is 2.31. The summed E-state index contributed by atoms with van der Waals surface area (Å²) in [5.74, 6) is 0.622. The average molecular weight is 215 g/mol. The quantitative estimate of drug-likeness (QED) is 0.675. The number of carbonyl (C=O) groups is 1. The van der Waals surface area contributed by atoms with Crippen LogP contribution < -0.4 is 0 Å². The zero-order valence-corrected chi connectivity index (χ0v) is 9.50. The van der Waals surface area contributed by atoms with Gasteiger partial charge >= 0.3 is 0 Å². The summed E-state index contributed by atoms with van der Waals surface area (Å²) in [4.78, 5) is 13.1. The van der Waals surface area contributed by atoms with Crippen LogP contribution in [0.15, 0.2) is 11.8 Å². The summed E-state index contributed by atoms with van der Waals surface area (Å²) in [5, 5.41) is 0. The van der Waals surface area contributed by atoms with Crippen molar-refractivity contribution in [2.45, 2.75) is 26.7 Å². The first-order chi connectivity index (χ1) is 6.20. The summed E-state index contributed by atoms with van der Waals surface area (Å²) in [5.41, 5.74) is 1.04. The molecule has 1 heterocycles. The molecule has 0 bridgehead atoms. The van der Waals surface area contributed by atoms with Gasteiger partial charge in [0, 0.05) is 5.70 Å². The number of allylic oxidation sites excluding steroid dienone is 2. The molecule has 0 unspecified atom stereocenters. The van der Waals surface area contributed by atoms with Crippen molar-refractivity contribution in [2.24, 2.45) is 0 Å². The highest BCUT2D eigenvalue weighted by atomic mass is 32.2. The van der Waals surface area contributed by atoms with Crippen LogP contribution in [-0.4, -0.2) is 20.9 Å². The fourth-order valence-electron chi connectivity index (χ4n) is 1.27. The first-order valence-electron chi connectivity index (χ1n) is 4.35. The molecule has 0 aromatic heterocycles. The first kappa shape index (κ1) is 10.7. The number of thioether (sulfide) groups is 1. The molecule has 72 valence electrons. The summed E-state index contributed by atoms with van der Waals surface area (Å²) >= 11 is 6.55. The molecule has 1 rings (SSSR count). The summed E-state index contributed by atoms with van der Waals surface area (Å²) < 4.78 is 0.701. The van der Waals surface area contributed by atoms with Crippen molar-refractivity contribution in [1.29, 1.82) is 0 Å². The maximum atomic E-state index is 11.4. The van der Waals surface area contributed by atoms with E-state index in [0.29, 0.717) is 10.1 Å². The van der Waals surface area contributed by atoms with E-state index in [9.17, 15) is 4.79 Å². The molecule has 0 aromatic carbocycles. The minimum absolute atomic E-state index is 0.122. The lowest BCUT2D eigenvalue weighted by Gasteiger charge is -2.17. The third-order valence-electron chi connectivity index (χ3n) is 1.88. The minimum atomic E-state index is 0.122. The van der Waals surface area contributed by atoms with Crippen LogP contribution in [0.3, 0.4) is 0 Å². The molecule has 0 N–H and O–H groups in total. The maximum Gasteiger partial charge on any atom is 0.242 e. The Bertz CT molecular complexity index is 244. The van der Waals surface area contributed by atoms with Gasteiger partial charge < -0.3 is 0 Å². The highest BCUT2D eigenvalue weighted by molar-refractivity contribution is 8.24. The van der Waals surface area contributed by atoms with Crippen LogP contribution in [0, 0.1) is 0 Å². The number of hydrogen-bond donors (Lipinski definition) is 0. The predicted molar refractivity (Wildman–Crippen MR) is 60.6 cm³/mol. The molecule has 4 heteroatoms. The van der Waals surface area contributed by atoms with Gasteiger partial charge in [0.05, 0.1) is 5.75 Å². The zero-order chi connectivity index (χ0) is 9.84. The van der Waals surface area contributed by atoms with Gasteiger partial charge in [-0.15, -0.1) is 0 Å². The SMILES string of the molecule is C/C=C(/CCC)N1C(=O)CSC1=S. The Balaban J connectivity index is 2.78. The van der Waals surface area contributed by atoms with E-state index in [0.717, 1.165) is 18.5 Å². The second-order valence-corrected chi connectivity index (χ2v) is 4.42. The predicted octanol–water partition coefficient (Wildman–Crippen LogP) is 2.55. The standard InChI is InChI=1S/C9H13NOS2/c1-3-5-7(4-2)10-8(11)6-13-9(10)12/h4H,3,5-6H2,1-2H3/b7-4-. The van der Waals surface area contributed by atoms with E-state index < -0.39 is 0 Å². The molecule has 13 heavy (non-hydrogen) atoms. The number of rotatable bonds is 3. The van der Waals surface area contributed by atoms with Gasteiger partial charge in [-0.3, -0.25) is 9.69 Å². The van der Waals surface area contributed by atoms with Crippen LogP contribution in [0.5, 0.6) is 0 Å². The van der Waals surface area contributed by atoms with E-state index >= 15 is 0 Å². The van der Waals surface area contributed by atoms with Crippen LogP contribution in [0.25, 0.3) is 0 Å². The second kappa shape index (κ2) is 4.77. The number of amides is 1. The summed E-state index contributed by atoms with van der Waals surface area (Å²) in [6, 6.07) is 0. The molecular formula is C9H13NOS2. The normalized spacial score (nSPS) is 18.6. The van der Waals surface area contributed by atoms with Gasteiger partial charge in [-0.2, -0.15) is 0 Å². The van der Waals surface area contributed by atoms with Gasteiger partial charge in [0.2, 0.25) is 5.91 Å². The van der Waals surface area contributed by atoms with Crippen molar-refractivity contribution in [3.8, 4) is 0 Å². The van der Waals surface area contributed by atoms with E-state index in [-0.39, 0.29) is 5.91 Å². The van der Waals surface area contributed by atoms with E-state index in [1.807, 2.05) is 13.0 Å². The van der Waals surface area contributed by atoms with Gasteiger partial charge in [0.25, 0.3) is 0 Å². The largest absolute Gasteiger partial charge is 0.273 e. The summed E-state index contributed by atoms with van der Waals surface area (Å²) in [6.45, 7) is 4.05. The highest BCUT2D eigenvalue weighted by Crippen LogP contribution is 2.25. The molecule has 2 nitrogen and oxygen atoms in total. The number of nitrogens with zero attached hydrogens (tertiary/aromatic N) is 1. The summed E-state index contributed by atoms with van der Waals surface area (Å²) in [6.07, 6.45) is 3.93. The average Bonchev–Trinajstić information content (AvgIpc) is 2.43. The van der Waals surface area contributed by atoms with E-state index in [1.165, 1.54) is 11.8 Å². The van der Waals surface area contributed by atoms with Crippen LogP contribution in [0.4, 0.5) is 0 Å². The molecule has 0 atom stereocenters. The Morgan fingerprint density at radius 2 is 2.46 bits per heavy atom. The first-order valence-corrected chi connectivity index (χ1v) is 5.75. The van der Waals surface area contributed by atoms with Crippen LogP contribution in [0.2, 0.25) is 0 Å². The third-order valence-corrected chi connectivity index (χ3v) is 3.23. The Labute approximate surface area is 88.4 Å². The Hall–Kier alpha value is -0.350. The molecule has 1 aliphatic heterocycles. The van der Waals surface area contributed by atoms with E-state index in [2.05, 4.69) is 6.92 Å². The van der Waals surface area contributed by atoms with Crippen molar-refractivity contribution in [1.82, 2.24) is 4.90 Å². The van der Waals surface area contributed by atoms with Crippen molar-refractivity contribution in [2.75, 3.05) is 5.75 Å². The van der Waals surface area contributed by atoms with Gasteiger partial charge in [-0.1, -0.05) is 43.4 Å². The molecule has 1 saturated heterocycles. The molecule has 1 aliphatic rings. The smallest absolute Gasteiger partial charge is 0.242 e. The van der Waals surface area contributed by atoms with Gasteiger partial charge in [0.15, 0.2) is 0 Å². The maximum absolute atomic E-state index is 11.4.